The Kier molecular flexibility index (Phi) is 4.74. The van der Waals surface area contributed by atoms with Gasteiger partial charge in [-0.1, -0.05) is 6.07 Å². The summed E-state index contributed by atoms with van der Waals surface area (Å²) in [4.78, 5) is 0. The number of benzene rings is 1. The lowest BCUT2D eigenvalue weighted by atomic mass is 9.99. The highest BCUT2D eigenvalue weighted by Crippen LogP contribution is 2.33. The Morgan fingerprint density at radius 1 is 1.33 bits per heavy atom. The zero-order valence-corrected chi connectivity index (χ0v) is 9.60. The average Bonchev–Trinajstić information content (AvgIpc) is 2.28. The van der Waals surface area contributed by atoms with Gasteiger partial charge >= 0.3 is 6.18 Å². The molecule has 0 radical (unpaired) electrons. The zero-order chi connectivity index (χ0) is 13.8. The third-order valence-electron chi connectivity index (χ3n) is 2.56. The molecule has 1 atom stereocenters. The molecule has 0 saturated heterocycles. The Morgan fingerprint density at radius 2 is 2.00 bits per heavy atom. The fraction of sp³-hybridized carbons (Fsp3) is 0.385. The van der Waals surface area contributed by atoms with E-state index in [1.54, 1.807) is 0 Å². The molecule has 0 aromatic heterocycles. The summed E-state index contributed by atoms with van der Waals surface area (Å²) in [6.07, 6.45) is 1.96. The summed E-state index contributed by atoms with van der Waals surface area (Å²) in [6, 6.07) is 2.25. The number of rotatable bonds is 4. The normalized spacial score (nSPS) is 13.1. The van der Waals surface area contributed by atoms with Crippen LogP contribution in [0.1, 0.15) is 36.4 Å². The quantitative estimate of drug-likeness (QED) is 0.498. The van der Waals surface area contributed by atoms with Gasteiger partial charge in [0.2, 0.25) is 0 Å². The first-order chi connectivity index (χ1) is 8.36. The SMILES string of the molecule is C#CCCCC(N)c1ccc(F)c(C(F)(F)F)c1. The van der Waals surface area contributed by atoms with E-state index >= 15 is 0 Å². The van der Waals surface area contributed by atoms with Gasteiger partial charge in [0.05, 0.1) is 5.56 Å². The second-order valence-electron chi connectivity index (χ2n) is 3.94. The van der Waals surface area contributed by atoms with E-state index in [1.165, 1.54) is 6.07 Å². The monoisotopic (exact) mass is 259 g/mol. The minimum Gasteiger partial charge on any atom is -0.324 e. The van der Waals surface area contributed by atoms with Gasteiger partial charge in [-0.15, -0.1) is 12.3 Å². The minimum absolute atomic E-state index is 0.265. The van der Waals surface area contributed by atoms with Crippen LogP contribution in [-0.4, -0.2) is 0 Å². The number of unbranched alkanes of at least 4 members (excludes halogenated alkanes) is 1. The summed E-state index contributed by atoms with van der Waals surface area (Å²) in [5, 5.41) is 0. The standard InChI is InChI=1S/C13H13F4N/c1-2-3-4-5-12(18)9-6-7-11(14)10(8-9)13(15,16)17/h1,6-8,12H,3-5,18H2. The third kappa shape index (κ3) is 3.74. The molecule has 1 unspecified atom stereocenters. The van der Waals surface area contributed by atoms with Gasteiger partial charge < -0.3 is 5.73 Å². The van der Waals surface area contributed by atoms with Crippen LogP contribution in [0.4, 0.5) is 17.6 Å². The van der Waals surface area contributed by atoms with Crippen LogP contribution in [0.5, 0.6) is 0 Å². The van der Waals surface area contributed by atoms with Gasteiger partial charge in [-0.05, 0) is 30.5 Å². The van der Waals surface area contributed by atoms with Crippen LogP contribution in [0.2, 0.25) is 0 Å². The highest BCUT2D eigenvalue weighted by atomic mass is 19.4. The van der Waals surface area contributed by atoms with Crippen molar-refractivity contribution in [2.45, 2.75) is 31.5 Å². The maximum atomic E-state index is 13.0. The summed E-state index contributed by atoms with van der Waals surface area (Å²) < 4.78 is 50.5. The molecule has 0 aliphatic carbocycles. The molecule has 1 aromatic carbocycles. The van der Waals surface area contributed by atoms with Crippen LogP contribution >= 0.6 is 0 Å². The van der Waals surface area contributed by atoms with Gasteiger partial charge in [-0.25, -0.2) is 4.39 Å². The molecule has 1 nitrogen and oxygen atoms in total. The highest BCUT2D eigenvalue weighted by Gasteiger charge is 2.34. The van der Waals surface area contributed by atoms with Crippen molar-refractivity contribution in [3.8, 4) is 12.3 Å². The lowest BCUT2D eigenvalue weighted by Crippen LogP contribution is -2.14. The van der Waals surface area contributed by atoms with E-state index in [0.29, 0.717) is 19.3 Å². The van der Waals surface area contributed by atoms with Crippen LogP contribution in [0.15, 0.2) is 18.2 Å². The van der Waals surface area contributed by atoms with E-state index in [4.69, 9.17) is 12.2 Å². The van der Waals surface area contributed by atoms with Crippen molar-refractivity contribution in [1.82, 2.24) is 0 Å². The largest absolute Gasteiger partial charge is 0.419 e. The molecule has 0 spiro atoms. The van der Waals surface area contributed by atoms with Crippen molar-refractivity contribution < 1.29 is 17.6 Å². The van der Waals surface area contributed by atoms with Gasteiger partial charge in [-0.3, -0.25) is 0 Å². The van der Waals surface area contributed by atoms with Crippen molar-refractivity contribution >= 4 is 0 Å². The van der Waals surface area contributed by atoms with Crippen molar-refractivity contribution in [3.05, 3.63) is 35.1 Å². The molecule has 0 heterocycles. The molecular weight excluding hydrogens is 246 g/mol. The number of alkyl halides is 3. The predicted molar refractivity (Wildman–Crippen MR) is 61.0 cm³/mol. The second kappa shape index (κ2) is 5.87. The number of terminal acetylenes is 1. The molecule has 0 amide bonds. The number of halogens is 4. The molecule has 0 aliphatic heterocycles. The van der Waals surface area contributed by atoms with Gasteiger partial charge in [0.1, 0.15) is 5.82 Å². The van der Waals surface area contributed by atoms with Crippen LogP contribution in [0.25, 0.3) is 0 Å². The zero-order valence-electron chi connectivity index (χ0n) is 9.60. The Morgan fingerprint density at radius 3 is 2.56 bits per heavy atom. The first-order valence-corrected chi connectivity index (χ1v) is 5.42. The van der Waals surface area contributed by atoms with Crippen LogP contribution < -0.4 is 5.73 Å². The Labute approximate surface area is 103 Å². The average molecular weight is 259 g/mol. The lowest BCUT2D eigenvalue weighted by molar-refractivity contribution is -0.140. The minimum atomic E-state index is -4.71. The molecular formula is C13H13F4N. The molecule has 18 heavy (non-hydrogen) atoms. The summed E-state index contributed by atoms with van der Waals surface area (Å²) in [5.74, 6) is 1.13. The summed E-state index contributed by atoms with van der Waals surface area (Å²) in [7, 11) is 0. The van der Waals surface area contributed by atoms with Crippen LogP contribution in [-0.2, 0) is 6.18 Å². The Hall–Kier alpha value is -1.54. The maximum absolute atomic E-state index is 13.0. The Balaban J connectivity index is 2.88. The number of nitrogens with two attached hydrogens (primary N) is 1. The first kappa shape index (κ1) is 14.5. The summed E-state index contributed by atoms with van der Waals surface area (Å²) >= 11 is 0. The third-order valence-corrected chi connectivity index (χ3v) is 2.56. The molecule has 5 heteroatoms. The van der Waals surface area contributed by atoms with Crippen molar-refractivity contribution in [2.75, 3.05) is 0 Å². The molecule has 98 valence electrons. The van der Waals surface area contributed by atoms with Crippen molar-refractivity contribution in [1.29, 1.82) is 0 Å². The van der Waals surface area contributed by atoms with Gasteiger partial charge in [0.15, 0.2) is 0 Å². The second-order valence-corrected chi connectivity index (χ2v) is 3.94. The molecule has 0 aliphatic rings. The first-order valence-electron chi connectivity index (χ1n) is 5.42. The summed E-state index contributed by atoms with van der Waals surface area (Å²) in [5.41, 5.74) is 4.72. The molecule has 0 fully saturated rings. The lowest BCUT2D eigenvalue weighted by Gasteiger charge is -2.14. The maximum Gasteiger partial charge on any atom is 0.419 e. The van der Waals surface area contributed by atoms with Crippen molar-refractivity contribution in [2.24, 2.45) is 5.73 Å². The fourth-order valence-electron chi connectivity index (χ4n) is 1.58. The smallest absolute Gasteiger partial charge is 0.324 e. The molecule has 2 N–H and O–H groups in total. The van der Waals surface area contributed by atoms with E-state index in [1.807, 2.05) is 0 Å². The Bertz CT molecular complexity index is 445. The fourth-order valence-corrected chi connectivity index (χ4v) is 1.58. The van der Waals surface area contributed by atoms with Crippen LogP contribution in [0, 0.1) is 18.2 Å². The van der Waals surface area contributed by atoms with E-state index in [-0.39, 0.29) is 5.56 Å². The van der Waals surface area contributed by atoms with Gasteiger partial charge in [-0.2, -0.15) is 13.2 Å². The number of hydrogen-bond acceptors (Lipinski definition) is 1. The van der Waals surface area contributed by atoms with E-state index < -0.39 is 23.6 Å². The molecule has 0 bridgehead atoms. The van der Waals surface area contributed by atoms with E-state index in [0.717, 1.165) is 12.1 Å². The van der Waals surface area contributed by atoms with Crippen LogP contribution in [0.3, 0.4) is 0 Å². The van der Waals surface area contributed by atoms with Gasteiger partial charge in [0.25, 0.3) is 0 Å². The topological polar surface area (TPSA) is 26.0 Å². The molecule has 0 saturated carbocycles. The van der Waals surface area contributed by atoms with E-state index in [2.05, 4.69) is 5.92 Å². The van der Waals surface area contributed by atoms with E-state index in [9.17, 15) is 17.6 Å². The molecule has 1 rings (SSSR count). The number of hydrogen-bond donors (Lipinski definition) is 1. The highest BCUT2D eigenvalue weighted by molar-refractivity contribution is 5.29. The molecule has 1 aromatic rings. The van der Waals surface area contributed by atoms with Crippen molar-refractivity contribution in [3.63, 3.8) is 0 Å². The summed E-state index contributed by atoms with van der Waals surface area (Å²) in [6.45, 7) is 0. The van der Waals surface area contributed by atoms with Gasteiger partial charge in [0, 0.05) is 12.5 Å². The predicted octanol–water partition coefficient (Wildman–Crippen LogP) is 3.65.